The van der Waals surface area contributed by atoms with E-state index in [0.29, 0.717) is 13.0 Å². The molecule has 0 aromatic heterocycles. The van der Waals surface area contributed by atoms with Crippen molar-refractivity contribution in [3.05, 3.63) is 35.9 Å². The number of rotatable bonds is 4. The van der Waals surface area contributed by atoms with Crippen LogP contribution >= 0.6 is 0 Å². The third kappa shape index (κ3) is 3.81. The smallest absolute Gasteiger partial charge is 0.240 e. The van der Waals surface area contributed by atoms with E-state index < -0.39 is 6.04 Å². The highest BCUT2D eigenvalue weighted by Gasteiger charge is 2.28. The molecular weight excluding hydrogens is 252 g/mol. The van der Waals surface area contributed by atoms with Crippen molar-refractivity contribution < 1.29 is 9.90 Å². The zero-order valence-electron chi connectivity index (χ0n) is 11.9. The average Bonchev–Trinajstić information content (AvgIpc) is 2.72. The van der Waals surface area contributed by atoms with Crippen molar-refractivity contribution in [1.82, 2.24) is 4.90 Å². The minimum Gasteiger partial charge on any atom is -0.394 e. The van der Waals surface area contributed by atoms with Gasteiger partial charge in [-0.1, -0.05) is 43.2 Å². The van der Waals surface area contributed by atoms with Gasteiger partial charge < -0.3 is 15.7 Å². The second-order valence-electron chi connectivity index (χ2n) is 5.51. The lowest BCUT2D eigenvalue weighted by Gasteiger charge is -2.31. The first-order chi connectivity index (χ1) is 9.72. The summed E-state index contributed by atoms with van der Waals surface area (Å²) in [6.07, 6.45) is 4.62. The van der Waals surface area contributed by atoms with Crippen LogP contribution in [0.3, 0.4) is 0 Å². The molecule has 3 N–H and O–H groups in total. The van der Waals surface area contributed by atoms with Crippen LogP contribution in [-0.4, -0.2) is 41.1 Å². The van der Waals surface area contributed by atoms with Gasteiger partial charge in [-0.05, 0) is 24.8 Å². The zero-order chi connectivity index (χ0) is 14.4. The predicted molar refractivity (Wildman–Crippen MR) is 79.2 cm³/mol. The van der Waals surface area contributed by atoms with Crippen molar-refractivity contribution in [3.8, 4) is 0 Å². The Kier molecular flexibility index (Phi) is 5.56. The van der Waals surface area contributed by atoms with Crippen molar-refractivity contribution in [1.29, 1.82) is 0 Å². The van der Waals surface area contributed by atoms with E-state index in [9.17, 15) is 9.90 Å². The second-order valence-corrected chi connectivity index (χ2v) is 5.51. The fourth-order valence-corrected chi connectivity index (χ4v) is 2.83. The highest BCUT2D eigenvalue weighted by atomic mass is 16.3. The van der Waals surface area contributed by atoms with Crippen LogP contribution in [0.4, 0.5) is 0 Å². The van der Waals surface area contributed by atoms with E-state index >= 15 is 0 Å². The number of nitrogens with zero attached hydrogens (tertiary/aromatic N) is 1. The Morgan fingerprint density at radius 3 is 2.75 bits per heavy atom. The van der Waals surface area contributed by atoms with E-state index in [0.717, 1.165) is 31.2 Å². The second kappa shape index (κ2) is 7.41. The summed E-state index contributed by atoms with van der Waals surface area (Å²) in [6.45, 7) is 0.746. The molecular formula is C16H24N2O2. The molecule has 0 spiro atoms. The Bertz CT molecular complexity index is 422. The monoisotopic (exact) mass is 276 g/mol. The lowest BCUT2D eigenvalue weighted by atomic mass is 10.0. The first-order valence-electron chi connectivity index (χ1n) is 7.43. The van der Waals surface area contributed by atoms with Crippen molar-refractivity contribution in [2.24, 2.45) is 5.73 Å². The van der Waals surface area contributed by atoms with Crippen LogP contribution in [0.1, 0.15) is 31.2 Å². The van der Waals surface area contributed by atoms with E-state index in [2.05, 4.69) is 0 Å². The topological polar surface area (TPSA) is 66.6 Å². The number of aliphatic hydroxyl groups is 1. The quantitative estimate of drug-likeness (QED) is 0.871. The fraction of sp³-hybridized carbons (Fsp3) is 0.562. The first kappa shape index (κ1) is 15.0. The van der Waals surface area contributed by atoms with Crippen molar-refractivity contribution >= 4 is 5.91 Å². The molecule has 0 bridgehead atoms. The van der Waals surface area contributed by atoms with Crippen LogP contribution in [0, 0.1) is 0 Å². The van der Waals surface area contributed by atoms with Gasteiger partial charge in [0.15, 0.2) is 0 Å². The minimum absolute atomic E-state index is 0.0315. The van der Waals surface area contributed by atoms with Gasteiger partial charge in [-0.3, -0.25) is 4.79 Å². The lowest BCUT2D eigenvalue weighted by Crippen LogP contribution is -2.50. The number of carbonyl (C=O) groups is 1. The molecule has 1 fully saturated rings. The summed E-state index contributed by atoms with van der Waals surface area (Å²) in [4.78, 5) is 14.3. The Balaban J connectivity index is 2.00. The van der Waals surface area contributed by atoms with Crippen LogP contribution in [0.2, 0.25) is 0 Å². The minimum atomic E-state index is -0.524. The SMILES string of the molecule is N[C@@H](Cc1ccccc1)C(=O)N1CCCCCC1CO. The van der Waals surface area contributed by atoms with Gasteiger partial charge in [-0.2, -0.15) is 0 Å². The summed E-state index contributed by atoms with van der Waals surface area (Å²) in [5.74, 6) is -0.0326. The molecule has 1 aliphatic rings. The van der Waals surface area contributed by atoms with Gasteiger partial charge in [0.2, 0.25) is 5.91 Å². The largest absolute Gasteiger partial charge is 0.394 e. The molecule has 2 rings (SSSR count). The molecule has 1 aromatic carbocycles. The van der Waals surface area contributed by atoms with Gasteiger partial charge in [0, 0.05) is 6.54 Å². The summed E-state index contributed by atoms with van der Waals surface area (Å²) in [6, 6.07) is 9.24. The Labute approximate surface area is 120 Å². The number of benzene rings is 1. The Morgan fingerprint density at radius 2 is 2.05 bits per heavy atom. The number of carbonyl (C=O) groups excluding carboxylic acids is 1. The number of hydrogen-bond acceptors (Lipinski definition) is 3. The molecule has 110 valence electrons. The average molecular weight is 276 g/mol. The maximum Gasteiger partial charge on any atom is 0.240 e. The van der Waals surface area contributed by atoms with Crippen LogP contribution in [0.5, 0.6) is 0 Å². The predicted octanol–water partition coefficient (Wildman–Crippen LogP) is 1.32. The highest BCUT2D eigenvalue weighted by Crippen LogP contribution is 2.18. The van der Waals surface area contributed by atoms with Gasteiger partial charge in [0.05, 0.1) is 18.7 Å². The zero-order valence-corrected chi connectivity index (χ0v) is 11.9. The summed E-state index contributed by atoms with van der Waals surface area (Å²) in [5.41, 5.74) is 7.15. The summed E-state index contributed by atoms with van der Waals surface area (Å²) < 4.78 is 0. The van der Waals surface area contributed by atoms with Crippen LogP contribution < -0.4 is 5.73 Å². The normalized spacial score (nSPS) is 21.3. The van der Waals surface area contributed by atoms with Gasteiger partial charge in [0.25, 0.3) is 0 Å². The molecule has 4 nitrogen and oxygen atoms in total. The first-order valence-corrected chi connectivity index (χ1v) is 7.43. The molecule has 0 aliphatic carbocycles. The Morgan fingerprint density at radius 1 is 1.30 bits per heavy atom. The molecule has 1 aromatic rings. The number of hydrogen-bond donors (Lipinski definition) is 2. The summed E-state index contributed by atoms with van der Waals surface area (Å²) >= 11 is 0. The number of nitrogens with two attached hydrogens (primary N) is 1. The molecule has 1 amide bonds. The highest BCUT2D eigenvalue weighted by molar-refractivity contribution is 5.82. The molecule has 20 heavy (non-hydrogen) atoms. The molecule has 1 unspecified atom stereocenters. The van der Waals surface area contributed by atoms with Crippen LogP contribution in [0.25, 0.3) is 0 Å². The van der Waals surface area contributed by atoms with E-state index in [1.54, 1.807) is 4.90 Å². The van der Waals surface area contributed by atoms with Crippen molar-refractivity contribution in [2.75, 3.05) is 13.2 Å². The third-order valence-electron chi connectivity index (χ3n) is 3.99. The molecule has 1 heterocycles. The molecule has 1 saturated heterocycles. The standard InChI is InChI=1S/C16H24N2O2/c17-15(11-13-7-3-1-4-8-13)16(20)18-10-6-2-5-9-14(18)12-19/h1,3-4,7-8,14-15,19H,2,5-6,9-12,17H2/t14?,15-/m0/s1. The Hall–Kier alpha value is -1.39. The summed E-state index contributed by atoms with van der Waals surface area (Å²) in [5, 5.41) is 9.47. The van der Waals surface area contributed by atoms with E-state index in [1.165, 1.54) is 0 Å². The van der Waals surface area contributed by atoms with E-state index in [1.807, 2.05) is 30.3 Å². The van der Waals surface area contributed by atoms with Crippen LogP contribution in [-0.2, 0) is 11.2 Å². The van der Waals surface area contributed by atoms with E-state index in [4.69, 9.17) is 5.73 Å². The molecule has 0 saturated carbocycles. The third-order valence-corrected chi connectivity index (χ3v) is 3.99. The lowest BCUT2D eigenvalue weighted by molar-refractivity contribution is -0.135. The van der Waals surface area contributed by atoms with Gasteiger partial charge >= 0.3 is 0 Å². The summed E-state index contributed by atoms with van der Waals surface area (Å²) in [7, 11) is 0. The van der Waals surface area contributed by atoms with Gasteiger partial charge in [-0.25, -0.2) is 0 Å². The van der Waals surface area contributed by atoms with Gasteiger partial charge in [-0.15, -0.1) is 0 Å². The van der Waals surface area contributed by atoms with Gasteiger partial charge in [0.1, 0.15) is 0 Å². The fourth-order valence-electron chi connectivity index (χ4n) is 2.83. The van der Waals surface area contributed by atoms with Crippen molar-refractivity contribution in [3.63, 3.8) is 0 Å². The number of likely N-dealkylation sites (tertiary alicyclic amines) is 1. The number of aliphatic hydroxyl groups excluding tert-OH is 1. The maximum absolute atomic E-state index is 12.5. The van der Waals surface area contributed by atoms with Crippen molar-refractivity contribution in [2.45, 2.75) is 44.2 Å². The number of amides is 1. The molecule has 1 aliphatic heterocycles. The molecule has 2 atom stereocenters. The van der Waals surface area contributed by atoms with E-state index in [-0.39, 0.29) is 18.6 Å². The molecule has 4 heteroatoms. The maximum atomic E-state index is 12.5. The van der Waals surface area contributed by atoms with Crippen LogP contribution in [0.15, 0.2) is 30.3 Å². The molecule has 0 radical (unpaired) electrons.